The molecule has 21 heavy (non-hydrogen) atoms. The average molecular weight is 334 g/mol. The van der Waals surface area contributed by atoms with E-state index in [1.165, 1.54) is 6.92 Å². The topological polar surface area (TPSA) is 64.6 Å². The van der Waals surface area contributed by atoms with Crippen molar-refractivity contribution in [3.8, 4) is 5.75 Å². The van der Waals surface area contributed by atoms with Gasteiger partial charge in [-0.15, -0.1) is 0 Å². The Hall–Kier alpha value is -1.03. The first-order valence-electron chi connectivity index (χ1n) is 6.58. The minimum atomic E-state index is -3.67. The van der Waals surface area contributed by atoms with Gasteiger partial charge in [-0.05, 0) is 24.5 Å². The predicted octanol–water partition coefficient (Wildman–Crippen LogP) is 3.98. The second-order valence-electron chi connectivity index (χ2n) is 5.90. The lowest BCUT2D eigenvalue weighted by atomic mass is 9.99. The van der Waals surface area contributed by atoms with Crippen LogP contribution in [-0.2, 0) is 14.1 Å². The van der Waals surface area contributed by atoms with Crippen molar-refractivity contribution in [1.29, 1.82) is 0 Å². The van der Waals surface area contributed by atoms with Gasteiger partial charge < -0.3 is 9.26 Å². The van der Waals surface area contributed by atoms with Crippen molar-refractivity contribution in [3.05, 3.63) is 30.3 Å². The van der Waals surface area contributed by atoms with Crippen LogP contribution in [0.1, 0.15) is 27.7 Å². The zero-order chi connectivity index (χ0) is 16.1. The largest absolute Gasteiger partial charge is 0.464 e. The Morgan fingerprint density at radius 3 is 2.43 bits per heavy atom. The van der Waals surface area contributed by atoms with Gasteiger partial charge in [0.2, 0.25) is 0 Å². The van der Waals surface area contributed by atoms with Gasteiger partial charge in [0, 0.05) is 11.2 Å². The minimum Gasteiger partial charge on any atom is -0.464 e. The number of para-hydroxylation sites is 1. The van der Waals surface area contributed by atoms with Crippen molar-refractivity contribution in [2.24, 2.45) is 5.41 Å². The summed E-state index contributed by atoms with van der Waals surface area (Å²) in [6.07, 6.45) is 0. The summed E-state index contributed by atoms with van der Waals surface area (Å²) >= 11 is 5.81. The summed E-state index contributed by atoms with van der Waals surface area (Å²) in [7, 11) is 0. The van der Waals surface area contributed by atoms with Crippen molar-refractivity contribution >= 4 is 24.1 Å². The van der Waals surface area contributed by atoms with E-state index in [0.717, 1.165) is 0 Å². The summed E-state index contributed by atoms with van der Waals surface area (Å²) < 4.78 is 22.4. The maximum absolute atomic E-state index is 12.1. The Bertz CT molecular complexity index is 515. The fraction of sp³-hybridized carbons (Fsp3) is 0.500. The van der Waals surface area contributed by atoms with E-state index in [2.05, 4.69) is 5.09 Å². The lowest BCUT2D eigenvalue weighted by Gasteiger charge is -2.21. The van der Waals surface area contributed by atoms with Gasteiger partial charge in [-0.3, -0.25) is 4.79 Å². The molecule has 0 aromatic heterocycles. The van der Waals surface area contributed by atoms with E-state index in [-0.39, 0.29) is 12.0 Å². The van der Waals surface area contributed by atoms with Crippen LogP contribution in [0.15, 0.2) is 30.3 Å². The van der Waals surface area contributed by atoms with Crippen LogP contribution in [-0.4, -0.2) is 18.6 Å². The summed E-state index contributed by atoms with van der Waals surface area (Å²) in [5.41, 5.74) is -0.138. The fourth-order valence-corrected chi connectivity index (χ4v) is 3.03. The highest BCUT2D eigenvalue weighted by Gasteiger charge is 2.28. The molecule has 7 heteroatoms. The molecule has 2 atom stereocenters. The second kappa shape index (κ2) is 7.30. The van der Waals surface area contributed by atoms with Crippen LogP contribution in [0, 0.1) is 5.41 Å². The van der Waals surface area contributed by atoms with Gasteiger partial charge in [-0.1, -0.05) is 39.0 Å². The number of carbonyl (C=O) groups is 1. The van der Waals surface area contributed by atoms with Crippen molar-refractivity contribution in [2.75, 3.05) is 6.61 Å². The normalized spacial score (nSPS) is 15.9. The van der Waals surface area contributed by atoms with Gasteiger partial charge in [-0.2, -0.15) is 0 Å². The molecule has 1 aromatic rings. The van der Waals surface area contributed by atoms with Crippen LogP contribution in [0.5, 0.6) is 5.75 Å². The maximum atomic E-state index is 12.1. The number of benzene rings is 1. The summed E-state index contributed by atoms with van der Waals surface area (Å²) in [5.74, 6) is -0.166. The van der Waals surface area contributed by atoms with Crippen molar-refractivity contribution in [1.82, 2.24) is 5.09 Å². The Labute approximate surface area is 130 Å². The van der Waals surface area contributed by atoms with Crippen molar-refractivity contribution in [2.45, 2.75) is 33.7 Å². The monoisotopic (exact) mass is 333 g/mol. The van der Waals surface area contributed by atoms with Gasteiger partial charge >= 0.3 is 12.8 Å². The van der Waals surface area contributed by atoms with E-state index in [9.17, 15) is 9.36 Å². The third-order valence-electron chi connectivity index (χ3n) is 2.31. The molecule has 0 aliphatic rings. The van der Waals surface area contributed by atoms with E-state index >= 15 is 0 Å². The van der Waals surface area contributed by atoms with E-state index < -0.39 is 18.9 Å². The number of halogens is 1. The summed E-state index contributed by atoms with van der Waals surface area (Å²) in [6.45, 7) is 3.97. The van der Waals surface area contributed by atoms with Gasteiger partial charge in [-0.25, -0.2) is 9.65 Å². The molecule has 0 bridgehead atoms. The molecule has 0 aliphatic carbocycles. The molecular weight excluding hydrogens is 313 g/mol. The molecule has 1 aromatic carbocycles. The van der Waals surface area contributed by atoms with Crippen molar-refractivity contribution in [3.63, 3.8) is 0 Å². The van der Waals surface area contributed by atoms with E-state index in [1.807, 2.05) is 20.8 Å². The number of carbonyl (C=O) groups excluding carboxylic acids is 1. The van der Waals surface area contributed by atoms with E-state index in [4.69, 9.17) is 20.5 Å². The molecule has 118 valence electrons. The van der Waals surface area contributed by atoms with Crippen LogP contribution >= 0.6 is 18.1 Å². The minimum absolute atomic E-state index is 0.138. The van der Waals surface area contributed by atoms with Gasteiger partial charge in [0.25, 0.3) is 0 Å². The fourth-order valence-electron chi connectivity index (χ4n) is 1.34. The predicted molar refractivity (Wildman–Crippen MR) is 83.5 cm³/mol. The molecule has 1 rings (SSSR count). The second-order valence-corrected chi connectivity index (χ2v) is 8.64. The smallest absolute Gasteiger partial charge is 0.409 e. The van der Waals surface area contributed by atoms with Crippen LogP contribution in [0.3, 0.4) is 0 Å². The molecule has 0 spiro atoms. The molecule has 0 radical (unpaired) electrons. The Balaban J connectivity index is 2.54. The molecule has 0 fully saturated rings. The van der Waals surface area contributed by atoms with Gasteiger partial charge in [0.1, 0.15) is 11.8 Å². The zero-order valence-corrected chi connectivity index (χ0v) is 14.3. The number of esters is 1. The third kappa shape index (κ3) is 7.51. The first-order valence-corrected chi connectivity index (χ1v) is 9.11. The summed E-state index contributed by atoms with van der Waals surface area (Å²) in [4.78, 5) is 11.8. The number of hydrogen-bond donors (Lipinski definition) is 1. The molecule has 5 nitrogen and oxygen atoms in total. The van der Waals surface area contributed by atoms with Crippen LogP contribution in [0.25, 0.3) is 0 Å². The molecule has 0 aliphatic heterocycles. The molecule has 0 amide bonds. The number of nitrogens with one attached hydrogen (secondary N) is 1. The molecule has 0 saturated carbocycles. The first kappa shape index (κ1) is 18.0. The van der Waals surface area contributed by atoms with Crippen LogP contribution in [0.4, 0.5) is 0 Å². The first-order chi connectivity index (χ1) is 9.59. The summed E-state index contributed by atoms with van der Waals surface area (Å²) in [6, 6.07) is 7.67. The SMILES string of the molecule is C[C@H](N[P@@](=O)(Cl)Oc1ccccc1)C(=O)OCC(C)(C)C. The van der Waals surface area contributed by atoms with Gasteiger partial charge in [0.15, 0.2) is 0 Å². The highest BCUT2D eigenvalue weighted by Crippen LogP contribution is 2.48. The zero-order valence-electron chi connectivity index (χ0n) is 12.6. The molecule has 1 N–H and O–H groups in total. The number of hydrogen-bond acceptors (Lipinski definition) is 4. The molecular formula is C14H21ClNO4P. The van der Waals surface area contributed by atoms with Crippen LogP contribution < -0.4 is 9.61 Å². The Morgan fingerprint density at radius 2 is 1.90 bits per heavy atom. The lowest BCUT2D eigenvalue weighted by Crippen LogP contribution is -2.34. The van der Waals surface area contributed by atoms with Crippen molar-refractivity contribution < 1.29 is 18.6 Å². The van der Waals surface area contributed by atoms with E-state index in [1.54, 1.807) is 30.3 Å². The molecule has 0 unspecified atom stereocenters. The Morgan fingerprint density at radius 1 is 1.33 bits per heavy atom. The number of ether oxygens (including phenoxy) is 1. The lowest BCUT2D eigenvalue weighted by molar-refractivity contribution is -0.147. The maximum Gasteiger partial charge on any atom is 0.409 e. The van der Waals surface area contributed by atoms with Gasteiger partial charge in [0.05, 0.1) is 6.61 Å². The molecule has 0 saturated heterocycles. The highest BCUT2D eigenvalue weighted by atomic mass is 35.7. The number of rotatable bonds is 6. The molecule has 0 heterocycles. The Kier molecular flexibility index (Phi) is 6.26. The standard InChI is InChI=1S/C14H21ClNO4P/c1-11(13(17)19-10-14(2,3)4)16-21(15,18)20-12-8-6-5-7-9-12/h5-9,11H,10H2,1-4H3,(H,16,18)/t11-,21+/m0/s1. The summed E-state index contributed by atoms with van der Waals surface area (Å²) in [5, 5.41) is 2.46. The van der Waals surface area contributed by atoms with Crippen LogP contribution in [0.2, 0.25) is 0 Å². The third-order valence-corrected chi connectivity index (χ3v) is 3.96. The highest BCUT2D eigenvalue weighted by molar-refractivity contribution is 7.84. The van der Waals surface area contributed by atoms with E-state index in [0.29, 0.717) is 5.75 Å². The average Bonchev–Trinajstić information content (AvgIpc) is 2.35. The quantitative estimate of drug-likeness (QED) is 0.630.